The number of hydrogen-bond acceptors (Lipinski definition) is 6. The Morgan fingerprint density at radius 3 is 1.34 bits per heavy atom. The lowest BCUT2D eigenvalue weighted by atomic mass is 10.1. The van der Waals surface area contributed by atoms with E-state index in [0.29, 0.717) is 25.7 Å². The first-order chi connectivity index (χ1) is 27.5. The second-order valence-electron chi connectivity index (χ2n) is 14.6. The average Bonchev–Trinajstić information content (AvgIpc) is 3.19. The first-order valence-electron chi connectivity index (χ1n) is 22.6. The largest absolute Gasteiger partial charge is 0.462 e. The zero-order valence-corrected chi connectivity index (χ0v) is 36.1. The van der Waals surface area contributed by atoms with Gasteiger partial charge in [0.1, 0.15) is 13.2 Å². The molecular weight excluding hydrogens is 697 g/mol. The van der Waals surface area contributed by atoms with Gasteiger partial charge in [0, 0.05) is 19.3 Å². The summed E-state index contributed by atoms with van der Waals surface area (Å²) in [7, 11) is 0. The number of esters is 3. The van der Waals surface area contributed by atoms with Gasteiger partial charge >= 0.3 is 17.9 Å². The number of ether oxygens (including phenoxy) is 3. The zero-order chi connectivity index (χ0) is 40.8. The van der Waals surface area contributed by atoms with Crippen LogP contribution < -0.4 is 0 Å². The zero-order valence-electron chi connectivity index (χ0n) is 36.1. The molecule has 0 aromatic rings. The molecule has 0 saturated heterocycles. The normalized spacial score (nSPS) is 12.8. The molecule has 0 aliphatic heterocycles. The van der Waals surface area contributed by atoms with Crippen LogP contribution in [0.1, 0.15) is 194 Å². The lowest BCUT2D eigenvalue weighted by molar-refractivity contribution is -0.167. The third-order valence-electron chi connectivity index (χ3n) is 9.16. The van der Waals surface area contributed by atoms with Crippen LogP contribution in [0, 0.1) is 0 Å². The predicted molar refractivity (Wildman–Crippen MR) is 237 cm³/mol. The fourth-order valence-corrected chi connectivity index (χ4v) is 5.76. The Labute approximate surface area is 344 Å². The molecular formula is C50H82O6. The highest BCUT2D eigenvalue weighted by Gasteiger charge is 2.19. The SMILES string of the molecule is CC/C=C\C/C=C\C/C=C\CCCC(=O)OC(COC(=O)CCC/C=C\CCCCCC)COC(=O)CCCCCCC\C=C/C=C\C=C/CCCCCCC. The number of carbonyl (C=O) groups excluding carboxylic acids is 3. The summed E-state index contributed by atoms with van der Waals surface area (Å²) < 4.78 is 16.6. The van der Waals surface area contributed by atoms with Gasteiger partial charge in [0.25, 0.3) is 0 Å². The standard InChI is InChI=1S/C50H82O6/c1-4-7-10-13-16-19-21-22-23-24-25-26-27-29-31-34-37-40-43-49(52)55-46-47(45-54-48(51)42-39-36-33-30-18-15-12-9-6-3)56-50(53)44-41-38-35-32-28-20-17-14-11-8-5-2/h8,11,17,20-26,30,32-33,35,47H,4-7,9-10,12-16,18-19,27-29,31,34,36-46H2,1-3H3/b11-8-,20-17-,22-21-,24-23-,26-25-,33-30-,35-32-. The van der Waals surface area contributed by atoms with Gasteiger partial charge in [-0.1, -0.05) is 170 Å². The maximum absolute atomic E-state index is 12.6. The number of hydrogen-bond donors (Lipinski definition) is 0. The van der Waals surface area contributed by atoms with Crippen LogP contribution in [0.25, 0.3) is 0 Å². The lowest BCUT2D eigenvalue weighted by Gasteiger charge is -2.18. The van der Waals surface area contributed by atoms with Crippen LogP contribution in [0.4, 0.5) is 0 Å². The van der Waals surface area contributed by atoms with Gasteiger partial charge in [0.2, 0.25) is 0 Å². The van der Waals surface area contributed by atoms with Crippen molar-refractivity contribution in [2.24, 2.45) is 0 Å². The summed E-state index contributed by atoms with van der Waals surface area (Å²) in [5.74, 6) is -1.04. The second kappa shape index (κ2) is 44.3. The van der Waals surface area contributed by atoms with E-state index in [1.54, 1.807) is 0 Å². The van der Waals surface area contributed by atoms with E-state index in [9.17, 15) is 14.4 Å². The third-order valence-corrected chi connectivity index (χ3v) is 9.16. The van der Waals surface area contributed by atoms with Crippen molar-refractivity contribution in [3.8, 4) is 0 Å². The molecule has 318 valence electrons. The van der Waals surface area contributed by atoms with Crippen LogP contribution in [0.15, 0.2) is 85.1 Å². The molecule has 6 nitrogen and oxygen atoms in total. The quantitative estimate of drug-likeness (QED) is 0.0203. The maximum Gasteiger partial charge on any atom is 0.306 e. The Hall–Kier alpha value is -3.41. The minimum absolute atomic E-state index is 0.117. The Morgan fingerprint density at radius 1 is 0.393 bits per heavy atom. The lowest BCUT2D eigenvalue weighted by Crippen LogP contribution is -2.30. The molecule has 0 amide bonds. The van der Waals surface area contributed by atoms with E-state index in [-0.39, 0.29) is 37.5 Å². The number of allylic oxidation sites excluding steroid dienone is 14. The van der Waals surface area contributed by atoms with Crippen LogP contribution in [-0.2, 0) is 28.6 Å². The molecule has 0 bridgehead atoms. The first-order valence-corrected chi connectivity index (χ1v) is 22.6. The van der Waals surface area contributed by atoms with E-state index < -0.39 is 6.10 Å². The van der Waals surface area contributed by atoms with Gasteiger partial charge in [-0.05, 0) is 89.9 Å². The maximum atomic E-state index is 12.6. The van der Waals surface area contributed by atoms with Gasteiger partial charge < -0.3 is 14.2 Å². The summed E-state index contributed by atoms with van der Waals surface area (Å²) in [6.45, 7) is 6.35. The number of carbonyl (C=O) groups is 3. The topological polar surface area (TPSA) is 78.9 Å². The van der Waals surface area contributed by atoms with E-state index in [1.165, 1.54) is 57.8 Å². The van der Waals surface area contributed by atoms with E-state index in [4.69, 9.17) is 14.2 Å². The van der Waals surface area contributed by atoms with E-state index in [2.05, 4.69) is 106 Å². The van der Waals surface area contributed by atoms with E-state index in [0.717, 1.165) is 83.5 Å². The molecule has 0 radical (unpaired) electrons. The van der Waals surface area contributed by atoms with E-state index >= 15 is 0 Å². The summed E-state index contributed by atoms with van der Waals surface area (Å²) in [5, 5.41) is 0. The van der Waals surface area contributed by atoms with Gasteiger partial charge in [-0.15, -0.1) is 0 Å². The fraction of sp³-hybridized carbons (Fsp3) is 0.660. The Morgan fingerprint density at radius 2 is 0.786 bits per heavy atom. The van der Waals surface area contributed by atoms with Gasteiger partial charge in [0.15, 0.2) is 6.10 Å². The van der Waals surface area contributed by atoms with Crippen LogP contribution in [0.3, 0.4) is 0 Å². The molecule has 1 unspecified atom stereocenters. The van der Waals surface area contributed by atoms with Crippen LogP contribution in [-0.4, -0.2) is 37.2 Å². The summed E-state index contributed by atoms with van der Waals surface area (Å²) in [4.78, 5) is 37.6. The molecule has 0 aliphatic rings. The van der Waals surface area contributed by atoms with Crippen molar-refractivity contribution in [3.63, 3.8) is 0 Å². The molecule has 0 aromatic carbocycles. The van der Waals surface area contributed by atoms with Crippen molar-refractivity contribution in [1.82, 2.24) is 0 Å². The summed E-state index contributed by atoms with van der Waals surface area (Å²) in [6, 6.07) is 0. The van der Waals surface area contributed by atoms with Crippen molar-refractivity contribution < 1.29 is 28.6 Å². The molecule has 0 aromatic heterocycles. The van der Waals surface area contributed by atoms with Gasteiger partial charge in [-0.25, -0.2) is 0 Å². The van der Waals surface area contributed by atoms with Crippen LogP contribution >= 0.6 is 0 Å². The third kappa shape index (κ3) is 41.7. The molecule has 0 N–H and O–H groups in total. The fourth-order valence-electron chi connectivity index (χ4n) is 5.76. The minimum atomic E-state index is -0.819. The molecule has 1 atom stereocenters. The molecule has 0 aliphatic carbocycles. The van der Waals surface area contributed by atoms with Crippen molar-refractivity contribution >= 4 is 17.9 Å². The molecule has 0 fully saturated rings. The summed E-state index contributed by atoms with van der Waals surface area (Å²) in [5.41, 5.74) is 0. The van der Waals surface area contributed by atoms with Crippen molar-refractivity contribution in [2.45, 2.75) is 200 Å². The molecule has 0 heterocycles. The summed E-state index contributed by atoms with van der Waals surface area (Å²) >= 11 is 0. The van der Waals surface area contributed by atoms with Crippen molar-refractivity contribution in [2.75, 3.05) is 13.2 Å². The molecule has 0 rings (SSSR count). The highest BCUT2D eigenvalue weighted by Crippen LogP contribution is 2.11. The second-order valence-corrected chi connectivity index (χ2v) is 14.6. The molecule has 6 heteroatoms. The summed E-state index contributed by atoms with van der Waals surface area (Å²) in [6.07, 6.45) is 55.9. The van der Waals surface area contributed by atoms with Gasteiger partial charge in [-0.3, -0.25) is 14.4 Å². The number of rotatable bonds is 39. The molecule has 0 spiro atoms. The van der Waals surface area contributed by atoms with Crippen molar-refractivity contribution in [1.29, 1.82) is 0 Å². The monoisotopic (exact) mass is 779 g/mol. The minimum Gasteiger partial charge on any atom is -0.462 e. The van der Waals surface area contributed by atoms with Gasteiger partial charge in [0.05, 0.1) is 0 Å². The number of unbranched alkanes of at least 4 members (excludes halogenated alkanes) is 16. The average molecular weight is 779 g/mol. The molecule has 0 saturated carbocycles. The Bertz CT molecular complexity index is 1120. The smallest absolute Gasteiger partial charge is 0.306 e. The van der Waals surface area contributed by atoms with Crippen molar-refractivity contribution in [3.05, 3.63) is 85.1 Å². The van der Waals surface area contributed by atoms with Crippen LogP contribution in [0.5, 0.6) is 0 Å². The Kier molecular flexibility index (Phi) is 41.6. The predicted octanol–water partition coefficient (Wildman–Crippen LogP) is 14.5. The van der Waals surface area contributed by atoms with Crippen LogP contribution in [0.2, 0.25) is 0 Å². The molecule has 56 heavy (non-hydrogen) atoms. The highest BCUT2D eigenvalue weighted by molar-refractivity contribution is 5.71. The highest BCUT2D eigenvalue weighted by atomic mass is 16.6. The van der Waals surface area contributed by atoms with E-state index in [1.807, 2.05) is 0 Å². The first kappa shape index (κ1) is 52.6. The van der Waals surface area contributed by atoms with Gasteiger partial charge in [-0.2, -0.15) is 0 Å². The Balaban J connectivity index is 4.46.